The molecule has 0 aromatic heterocycles. The lowest BCUT2D eigenvalue weighted by atomic mass is 9.81. The van der Waals surface area contributed by atoms with Crippen LogP contribution in [0.15, 0.2) is 35.6 Å². The zero-order valence-corrected chi connectivity index (χ0v) is 12.8. The zero-order chi connectivity index (χ0) is 17.6. The van der Waals surface area contributed by atoms with Crippen molar-refractivity contribution in [2.24, 2.45) is 0 Å². The first-order valence-corrected chi connectivity index (χ1v) is 6.93. The molecule has 0 aliphatic carbocycles. The Morgan fingerprint density at radius 3 is 2.71 bits per heavy atom. The van der Waals surface area contributed by atoms with Crippen LogP contribution in [0.4, 0.5) is 0 Å². The van der Waals surface area contributed by atoms with E-state index in [2.05, 4.69) is 0 Å². The fourth-order valence-corrected chi connectivity index (χ4v) is 2.81. The molecule has 126 valence electrons. The van der Waals surface area contributed by atoms with Gasteiger partial charge in [-0.25, -0.2) is 9.59 Å². The molecule has 2 heterocycles. The van der Waals surface area contributed by atoms with Gasteiger partial charge in [-0.1, -0.05) is 6.07 Å². The number of hydrogen-bond acceptors (Lipinski definition) is 8. The minimum atomic E-state index is -2.35. The number of esters is 2. The van der Waals surface area contributed by atoms with Crippen LogP contribution < -0.4 is 4.74 Å². The highest BCUT2D eigenvalue weighted by molar-refractivity contribution is 6.08. The summed E-state index contributed by atoms with van der Waals surface area (Å²) in [5.41, 5.74) is -3.08. The second-order valence-corrected chi connectivity index (χ2v) is 5.37. The fraction of sp³-hybridized carbons (Fsp3) is 0.250. The number of cyclic esters (lactones) is 1. The van der Waals surface area contributed by atoms with Gasteiger partial charge in [0.1, 0.15) is 34.5 Å². The first kappa shape index (κ1) is 15.9. The van der Waals surface area contributed by atoms with E-state index in [1.54, 1.807) is 0 Å². The smallest absolute Gasteiger partial charge is 0.358 e. The van der Waals surface area contributed by atoms with Gasteiger partial charge in [0.2, 0.25) is 0 Å². The van der Waals surface area contributed by atoms with Crippen LogP contribution in [0.3, 0.4) is 0 Å². The van der Waals surface area contributed by atoms with Gasteiger partial charge in [0.05, 0.1) is 13.4 Å². The molecular weight excluding hydrogens is 320 g/mol. The van der Waals surface area contributed by atoms with E-state index in [1.165, 1.54) is 25.1 Å². The second kappa shape index (κ2) is 5.27. The molecule has 8 nitrogen and oxygen atoms in total. The number of fused-ring (bicyclic) bond motifs is 2. The number of phenolic OH excluding ortho intramolecular Hbond substituents is 1. The van der Waals surface area contributed by atoms with Gasteiger partial charge in [0.15, 0.2) is 0 Å². The molecule has 0 saturated carbocycles. The van der Waals surface area contributed by atoms with Gasteiger partial charge in [-0.15, -0.1) is 0 Å². The molecule has 0 bridgehead atoms. The first-order valence-electron chi connectivity index (χ1n) is 6.93. The Morgan fingerprint density at radius 1 is 1.33 bits per heavy atom. The molecule has 1 aromatic carbocycles. The van der Waals surface area contributed by atoms with Crippen LogP contribution in [-0.2, 0) is 19.1 Å². The average molecular weight is 334 g/mol. The molecule has 0 radical (unpaired) electrons. The van der Waals surface area contributed by atoms with Gasteiger partial charge in [0.25, 0.3) is 5.60 Å². The van der Waals surface area contributed by atoms with Crippen molar-refractivity contribution in [1.29, 1.82) is 0 Å². The molecular formula is C16H14O8. The van der Waals surface area contributed by atoms with Crippen LogP contribution >= 0.6 is 0 Å². The number of aliphatic hydroxyl groups is 2. The summed E-state index contributed by atoms with van der Waals surface area (Å²) >= 11 is 0. The maximum absolute atomic E-state index is 12.5. The summed E-state index contributed by atoms with van der Waals surface area (Å²) < 4.78 is 15.2. The summed E-state index contributed by atoms with van der Waals surface area (Å²) in [6.45, 7) is 1.42. The van der Waals surface area contributed by atoms with Crippen molar-refractivity contribution in [3.05, 3.63) is 41.2 Å². The van der Waals surface area contributed by atoms with Crippen molar-refractivity contribution in [3.8, 4) is 11.5 Å². The minimum Gasteiger partial charge on any atom is -0.507 e. The number of carbonyl (C=O) groups excluding carboxylic acids is 2. The highest BCUT2D eigenvalue weighted by Gasteiger charge is 2.61. The van der Waals surface area contributed by atoms with E-state index in [-0.39, 0.29) is 22.6 Å². The third kappa shape index (κ3) is 1.89. The number of aromatic hydroxyl groups is 1. The van der Waals surface area contributed by atoms with Gasteiger partial charge in [0, 0.05) is 0 Å². The molecule has 0 fully saturated rings. The molecule has 2 aliphatic rings. The summed E-state index contributed by atoms with van der Waals surface area (Å²) in [6.07, 6.45) is -0.700. The van der Waals surface area contributed by atoms with Crippen LogP contribution in [0.5, 0.6) is 11.5 Å². The molecule has 0 spiro atoms. The monoisotopic (exact) mass is 334 g/mol. The van der Waals surface area contributed by atoms with Gasteiger partial charge < -0.3 is 29.5 Å². The molecule has 24 heavy (non-hydrogen) atoms. The third-order valence-corrected chi connectivity index (χ3v) is 3.98. The maximum atomic E-state index is 12.5. The van der Waals surface area contributed by atoms with Crippen molar-refractivity contribution in [2.45, 2.75) is 18.6 Å². The molecule has 2 aliphatic heterocycles. The van der Waals surface area contributed by atoms with E-state index in [1.807, 2.05) is 0 Å². The first-order chi connectivity index (χ1) is 11.3. The molecule has 3 rings (SSSR count). The number of hydrogen-bond donors (Lipinski definition) is 3. The van der Waals surface area contributed by atoms with Crippen molar-refractivity contribution in [1.82, 2.24) is 0 Å². The normalized spacial score (nSPS) is 25.5. The van der Waals surface area contributed by atoms with Crippen LogP contribution in [0.25, 0.3) is 5.76 Å². The summed E-state index contributed by atoms with van der Waals surface area (Å²) in [6, 6.07) is 4.06. The Hall–Kier alpha value is -3.00. The van der Waals surface area contributed by atoms with E-state index in [9.17, 15) is 24.9 Å². The Morgan fingerprint density at radius 2 is 2.04 bits per heavy atom. The molecule has 0 amide bonds. The van der Waals surface area contributed by atoms with Crippen LogP contribution in [0.2, 0.25) is 0 Å². The van der Waals surface area contributed by atoms with Gasteiger partial charge >= 0.3 is 11.9 Å². The minimum absolute atomic E-state index is 0.0943. The van der Waals surface area contributed by atoms with E-state index < -0.39 is 35.0 Å². The SMILES string of the molecule is COC(=O)C12Oc3cccc(O)c3C(O)=C1C(=O)OC=C(C)C2O. The summed E-state index contributed by atoms with van der Waals surface area (Å²) in [4.78, 5) is 24.8. The predicted octanol–water partition coefficient (Wildman–Crippen LogP) is 0.787. The number of rotatable bonds is 1. The Labute approximate surface area is 136 Å². The Bertz CT molecular complexity index is 806. The molecule has 2 atom stereocenters. The molecule has 0 saturated heterocycles. The van der Waals surface area contributed by atoms with E-state index in [4.69, 9.17) is 14.2 Å². The van der Waals surface area contributed by atoms with E-state index >= 15 is 0 Å². The molecule has 8 heteroatoms. The Balaban J connectivity index is 2.40. The lowest BCUT2D eigenvalue weighted by Gasteiger charge is -2.38. The van der Waals surface area contributed by atoms with Gasteiger partial charge in [-0.3, -0.25) is 0 Å². The van der Waals surface area contributed by atoms with Crippen molar-refractivity contribution in [2.75, 3.05) is 7.11 Å². The third-order valence-electron chi connectivity index (χ3n) is 3.98. The van der Waals surface area contributed by atoms with E-state index in [0.29, 0.717) is 0 Å². The number of carbonyl (C=O) groups is 2. The quantitative estimate of drug-likeness (QED) is 0.644. The van der Waals surface area contributed by atoms with Gasteiger partial charge in [-0.05, 0) is 24.6 Å². The summed E-state index contributed by atoms with van der Waals surface area (Å²) in [5.74, 6) is -3.40. The maximum Gasteiger partial charge on any atom is 0.358 e. The number of methoxy groups -OCH3 is 1. The summed E-state index contributed by atoms with van der Waals surface area (Å²) in [7, 11) is 1.05. The molecule has 3 N–H and O–H groups in total. The largest absolute Gasteiger partial charge is 0.507 e. The zero-order valence-electron chi connectivity index (χ0n) is 12.8. The highest BCUT2D eigenvalue weighted by Crippen LogP contribution is 2.47. The number of benzene rings is 1. The molecule has 1 aromatic rings. The number of phenols is 1. The fourth-order valence-electron chi connectivity index (χ4n) is 2.81. The number of ether oxygens (including phenoxy) is 3. The topological polar surface area (TPSA) is 123 Å². The number of aliphatic hydroxyl groups excluding tert-OH is 2. The van der Waals surface area contributed by atoms with Crippen LogP contribution in [-0.4, -0.2) is 46.1 Å². The van der Waals surface area contributed by atoms with Crippen LogP contribution in [0.1, 0.15) is 12.5 Å². The lowest BCUT2D eigenvalue weighted by molar-refractivity contribution is -0.165. The van der Waals surface area contributed by atoms with Crippen LogP contribution in [0, 0.1) is 0 Å². The second-order valence-electron chi connectivity index (χ2n) is 5.37. The highest BCUT2D eigenvalue weighted by atomic mass is 16.6. The predicted molar refractivity (Wildman–Crippen MR) is 78.9 cm³/mol. The van der Waals surface area contributed by atoms with Crippen molar-refractivity contribution >= 4 is 17.7 Å². The Kier molecular flexibility index (Phi) is 3.49. The summed E-state index contributed by atoms with van der Waals surface area (Å²) in [5, 5.41) is 31.1. The average Bonchev–Trinajstić information content (AvgIpc) is 2.65. The van der Waals surface area contributed by atoms with E-state index in [0.717, 1.165) is 13.4 Å². The molecule has 2 unspecified atom stereocenters. The van der Waals surface area contributed by atoms with Crippen molar-refractivity contribution < 1.29 is 39.1 Å². The standard InChI is InChI=1S/C16H14O8/c1-7-6-23-14(20)11-12(18)10-8(17)4-3-5-9(10)24-16(11,13(7)19)15(21)22-2/h3-6,13,17-19H,1-2H3. The van der Waals surface area contributed by atoms with Crippen molar-refractivity contribution in [3.63, 3.8) is 0 Å². The van der Waals surface area contributed by atoms with Gasteiger partial charge in [-0.2, -0.15) is 0 Å². The lowest BCUT2D eigenvalue weighted by Crippen LogP contribution is -2.59.